The van der Waals surface area contributed by atoms with E-state index in [1.165, 1.54) is 0 Å². The molecule has 2 aliphatic rings. The molecule has 1 saturated heterocycles. The molecule has 3 rings (SSSR count). The molecular formula is C15H25N5O2. The van der Waals surface area contributed by atoms with Crippen LogP contribution in [0.5, 0.6) is 0 Å². The van der Waals surface area contributed by atoms with Gasteiger partial charge in [-0.15, -0.1) is 0 Å². The zero-order valence-corrected chi connectivity index (χ0v) is 13.1. The average molecular weight is 307 g/mol. The lowest BCUT2D eigenvalue weighted by atomic mass is 10.1. The molecule has 0 spiro atoms. The Balaban J connectivity index is 1.64. The minimum absolute atomic E-state index is 0.0258. The summed E-state index contributed by atoms with van der Waals surface area (Å²) in [7, 11) is 0. The maximum Gasteiger partial charge on any atom is 0.274 e. The lowest BCUT2D eigenvalue weighted by molar-refractivity contribution is 0.0467. The Morgan fingerprint density at radius 1 is 1.36 bits per heavy atom. The first-order chi connectivity index (χ1) is 10.7. The van der Waals surface area contributed by atoms with Crippen molar-refractivity contribution in [2.75, 3.05) is 39.3 Å². The van der Waals surface area contributed by atoms with Gasteiger partial charge in [0.1, 0.15) is 0 Å². The number of aliphatic hydroxyl groups is 1. The van der Waals surface area contributed by atoms with Crippen molar-refractivity contribution in [2.45, 2.75) is 32.4 Å². The van der Waals surface area contributed by atoms with Gasteiger partial charge in [-0.1, -0.05) is 6.92 Å². The van der Waals surface area contributed by atoms with Crippen molar-refractivity contribution in [3.63, 3.8) is 0 Å². The predicted molar refractivity (Wildman–Crippen MR) is 82.6 cm³/mol. The molecule has 3 heterocycles. The van der Waals surface area contributed by atoms with Crippen molar-refractivity contribution in [1.82, 2.24) is 25.3 Å². The standard InChI is InChI=1S/C15H25N5O2/c1-2-11(10-21)19-5-7-20(8-6-19)15(22)14-12-9-16-4-3-13(12)17-18-14/h11,16,21H,2-10H2,1H3,(H,17,18). The number of amides is 1. The third-order valence-corrected chi connectivity index (χ3v) is 4.81. The highest BCUT2D eigenvalue weighted by Crippen LogP contribution is 2.18. The second kappa shape index (κ2) is 6.76. The van der Waals surface area contributed by atoms with Gasteiger partial charge in [0, 0.05) is 63.0 Å². The van der Waals surface area contributed by atoms with Crippen LogP contribution in [0.15, 0.2) is 0 Å². The van der Waals surface area contributed by atoms with Crippen molar-refractivity contribution in [1.29, 1.82) is 0 Å². The molecule has 0 bridgehead atoms. The molecule has 0 aliphatic carbocycles. The number of carbonyl (C=O) groups is 1. The number of nitrogens with one attached hydrogen (secondary N) is 2. The minimum Gasteiger partial charge on any atom is -0.395 e. The van der Waals surface area contributed by atoms with Crippen LogP contribution >= 0.6 is 0 Å². The SMILES string of the molecule is CCC(CO)N1CCN(C(=O)c2n[nH]c3c2CNCC3)CC1. The van der Waals surface area contributed by atoms with E-state index in [-0.39, 0.29) is 18.6 Å². The number of aliphatic hydroxyl groups excluding tert-OH is 1. The maximum atomic E-state index is 12.7. The maximum absolute atomic E-state index is 12.7. The lowest BCUT2D eigenvalue weighted by Gasteiger charge is -2.38. The first-order valence-electron chi connectivity index (χ1n) is 8.15. The zero-order valence-electron chi connectivity index (χ0n) is 13.1. The number of carbonyl (C=O) groups excluding carboxylic acids is 1. The molecule has 1 aromatic heterocycles. The molecule has 3 N–H and O–H groups in total. The van der Waals surface area contributed by atoms with E-state index in [1.54, 1.807) is 0 Å². The Morgan fingerprint density at radius 3 is 2.82 bits per heavy atom. The van der Waals surface area contributed by atoms with E-state index in [0.717, 1.165) is 50.3 Å². The van der Waals surface area contributed by atoms with Gasteiger partial charge in [-0.25, -0.2) is 0 Å². The van der Waals surface area contributed by atoms with Crippen LogP contribution in [0, 0.1) is 0 Å². The summed E-state index contributed by atoms with van der Waals surface area (Å²) in [5.41, 5.74) is 2.69. The number of hydrogen-bond acceptors (Lipinski definition) is 5. The van der Waals surface area contributed by atoms with Crippen molar-refractivity contribution in [2.24, 2.45) is 0 Å². The summed E-state index contributed by atoms with van der Waals surface area (Å²) in [5, 5.41) is 19.9. The van der Waals surface area contributed by atoms with Crippen LogP contribution in [-0.2, 0) is 13.0 Å². The van der Waals surface area contributed by atoms with Crippen LogP contribution in [-0.4, -0.2) is 76.4 Å². The van der Waals surface area contributed by atoms with Gasteiger partial charge in [-0.3, -0.25) is 14.8 Å². The van der Waals surface area contributed by atoms with Crippen LogP contribution in [0.2, 0.25) is 0 Å². The molecule has 122 valence electrons. The molecule has 22 heavy (non-hydrogen) atoms. The summed E-state index contributed by atoms with van der Waals surface area (Å²) in [5.74, 6) is 0.0258. The van der Waals surface area contributed by atoms with E-state index in [1.807, 2.05) is 4.90 Å². The lowest BCUT2D eigenvalue weighted by Crippen LogP contribution is -2.52. The quantitative estimate of drug-likeness (QED) is 0.704. The third kappa shape index (κ3) is 2.88. The second-order valence-corrected chi connectivity index (χ2v) is 6.03. The van der Waals surface area contributed by atoms with Crippen molar-refractivity contribution >= 4 is 5.91 Å². The molecule has 0 saturated carbocycles. The van der Waals surface area contributed by atoms with E-state index in [2.05, 4.69) is 27.3 Å². The number of aromatic amines is 1. The van der Waals surface area contributed by atoms with E-state index in [0.29, 0.717) is 18.8 Å². The smallest absolute Gasteiger partial charge is 0.274 e. The fourth-order valence-electron chi connectivity index (χ4n) is 3.34. The van der Waals surface area contributed by atoms with Gasteiger partial charge in [-0.2, -0.15) is 5.10 Å². The molecular weight excluding hydrogens is 282 g/mol. The Morgan fingerprint density at radius 2 is 2.14 bits per heavy atom. The summed E-state index contributed by atoms with van der Waals surface area (Å²) in [6, 6.07) is 0.208. The highest BCUT2D eigenvalue weighted by Gasteiger charge is 2.29. The average Bonchev–Trinajstić information content (AvgIpc) is 3.00. The van der Waals surface area contributed by atoms with Crippen LogP contribution in [0.3, 0.4) is 0 Å². The van der Waals surface area contributed by atoms with E-state index < -0.39 is 0 Å². The van der Waals surface area contributed by atoms with Gasteiger partial charge in [0.25, 0.3) is 5.91 Å². The number of piperazine rings is 1. The highest BCUT2D eigenvalue weighted by molar-refractivity contribution is 5.94. The van der Waals surface area contributed by atoms with Gasteiger partial charge in [0.15, 0.2) is 5.69 Å². The zero-order chi connectivity index (χ0) is 15.5. The Labute approximate surface area is 130 Å². The second-order valence-electron chi connectivity index (χ2n) is 6.03. The highest BCUT2D eigenvalue weighted by atomic mass is 16.3. The number of hydrogen-bond donors (Lipinski definition) is 3. The van der Waals surface area contributed by atoms with Crippen molar-refractivity contribution < 1.29 is 9.90 Å². The topological polar surface area (TPSA) is 84.5 Å². The van der Waals surface area contributed by atoms with Crippen molar-refractivity contribution in [3.8, 4) is 0 Å². The molecule has 1 atom stereocenters. The molecule has 1 fully saturated rings. The van der Waals surface area contributed by atoms with E-state index in [4.69, 9.17) is 0 Å². The number of aromatic nitrogens is 2. The molecule has 1 amide bonds. The van der Waals surface area contributed by atoms with Crippen LogP contribution in [0.4, 0.5) is 0 Å². The Hall–Kier alpha value is -1.44. The monoisotopic (exact) mass is 307 g/mol. The van der Waals surface area contributed by atoms with E-state index in [9.17, 15) is 9.90 Å². The molecule has 1 unspecified atom stereocenters. The largest absolute Gasteiger partial charge is 0.395 e. The number of nitrogens with zero attached hydrogens (tertiary/aromatic N) is 3. The molecule has 7 nitrogen and oxygen atoms in total. The first kappa shape index (κ1) is 15.5. The number of rotatable bonds is 4. The molecule has 2 aliphatic heterocycles. The minimum atomic E-state index is 0.0258. The van der Waals surface area contributed by atoms with Gasteiger partial charge in [0.2, 0.25) is 0 Å². The normalized spacial score (nSPS) is 20.7. The third-order valence-electron chi connectivity index (χ3n) is 4.81. The summed E-state index contributed by atoms with van der Waals surface area (Å²) < 4.78 is 0. The van der Waals surface area contributed by atoms with Crippen LogP contribution in [0.25, 0.3) is 0 Å². The summed E-state index contributed by atoms with van der Waals surface area (Å²) in [6.45, 7) is 6.95. The van der Waals surface area contributed by atoms with Crippen molar-refractivity contribution in [3.05, 3.63) is 17.0 Å². The number of fused-ring (bicyclic) bond motifs is 1. The van der Waals surface area contributed by atoms with Crippen LogP contribution < -0.4 is 5.32 Å². The van der Waals surface area contributed by atoms with Gasteiger partial charge < -0.3 is 15.3 Å². The summed E-state index contributed by atoms with van der Waals surface area (Å²) in [4.78, 5) is 16.8. The molecule has 1 aromatic rings. The van der Waals surface area contributed by atoms with Crippen LogP contribution in [0.1, 0.15) is 35.1 Å². The molecule has 0 radical (unpaired) electrons. The fourth-order valence-corrected chi connectivity index (χ4v) is 3.34. The summed E-state index contributed by atoms with van der Waals surface area (Å²) >= 11 is 0. The molecule has 7 heteroatoms. The number of H-pyrrole nitrogens is 1. The predicted octanol–water partition coefficient (Wildman–Crippen LogP) is -0.416. The van der Waals surface area contributed by atoms with Gasteiger partial charge in [-0.05, 0) is 6.42 Å². The Bertz CT molecular complexity index is 518. The molecule has 0 aromatic carbocycles. The van der Waals surface area contributed by atoms with Gasteiger partial charge in [0.05, 0.1) is 6.61 Å². The first-order valence-corrected chi connectivity index (χ1v) is 8.15. The fraction of sp³-hybridized carbons (Fsp3) is 0.733. The Kier molecular flexibility index (Phi) is 4.75. The van der Waals surface area contributed by atoms with Gasteiger partial charge >= 0.3 is 0 Å². The summed E-state index contributed by atoms with van der Waals surface area (Å²) in [6.07, 6.45) is 1.83. The van der Waals surface area contributed by atoms with E-state index >= 15 is 0 Å².